The Morgan fingerprint density at radius 3 is 2.76 bits per heavy atom. The van der Waals surface area contributed by atoms with E-state index in [1.54, 1.807) is 0 Å². The maximum Gasteiger partial charge on any atom is 0.324 e. The zero-order valence-electron chi connectivity index (χ0n) is 10.7. The third kappa shape index (κ3) is 2.47. The summed E-state index contributed by atoms with van der Waals surface area (Å²) in [6, 6.07) is 0. The normalized spacial score (nSPS) is 31.8. The Hall–Kier alpha value is -0.610. The average Bonchev–Trinajstić information content (AvgIpc) is 2.74. The monoisotopic (exact) mass is 241 g/mol. The summed E-state index contributed by atoms with van der Waals surface area (Å²) in [5.41, 5.74) is -0.585. The number of rotatable bonds is 4. The molecule has 2 aliphatic rings. The first kappa shape index (κ1) is 12.8. The number of likely N-dealkylation sites (tertiary alicyclic amines) is 1. The second-order valence-electron chi connectivity index (χ2n) is 5.30. The molecule has 17 heavy (non-hydrogen) atoms. The highest BCUT2D eigenvalue weighted by atomic mass is 16.5. The first-order valence-corrected chi connectivity index (χ1v) is 6.75. The molecule has 4 nitrogen and oxygen atoms in total. The van der Waals surface area contributed by atoms with Gasteiger partial charge in [-0.05, 0) is 44.6 Å². The molecule has 4 heteroatoms. The first-order chi connectivity index (χ1) is 8.19. The highest BCUT2D eigenvalue weighted by Gasteiger charge is 2.46. The second-order valence-corrected chi connectivity index (χ2v) is 5.30. The minimum atomic E-state index is -0.635. The van der Waals surface area contributed by atoms with Crippen molar-refractivity contribution in [3.05, 3.63) is 0 Å². The van der Waals surface area contributed by atoms with Crippen LogP contribution in [0.15, 0.2) is 0 Å². The number of carbonyl (C=O) groups is 1. The van der Waals surface area contributed by atoms with Crippen LogP contribution in [0.5, 0.6) is 0 Å². The Balaban J connectivity index is 2.00. The van der Waals surface area contributed by atoms with Crippen LogP contribution >= 0.6 is 0 Å². The molecule has 0 saturated carbocycles. The summed E-state index contributed by atoms with van der Waals surface area (Å²) >= 11 is 0. The fourth-order valence-corrected chi connectivity index (χ4v) is 3.23. The highest BCUT2D eigenvalue weighted by molar-refractivity contribution is 5.79. The lowest BCUT2D eigenvalue weighted by atomic mass is 9.91. The van der Waals surface area contributed by atoms with Crippen LogP contribution in [0.3, 0.4) is 0 Å². The number of carboxylic acid groups (broad SMARTS) is 1. The van der Waals surface area contributed by atoms with Crippen LogP contribution < -0.4 is 0 Å². The molecule has 0 aromatic carbocycles. The third-order valence-corrected chi connectivity index (χ3v) is 4.43. The molecule has 1 N–H and O–H groups in total. The van der Waals surface area contributed by atoms with Crippen molar-refractivity contribution in [1.29, 1.82) is 0 Å². The molecule has 2 rings (SSSR count). The summed E-state index contributed by atoms with van der Waals surface area (Å²) in [5.74, 6) is -0.0170. The van der Waals surface area contributed by atoms with Crippen molar-refractivity contribution in [3.8, 4) is 0 Å². The van der Waals surface area contributed by atoms with Crippen molar-refractivity contribution in [2.24, 2.45) is 5.92 Å². The molecule has 0 aliphatic carbocycles. The summed E-state index contributed by atoms with van der Waals surface area (Å²) < 4.78 is 5.36. The maximum absolute atomic E-state index is 11.5. The molecule has 0 aromatic heterocycles. The zero-order chi connectivity index (χ0) is 12.3. The summed E-state index contributed by atoms with van der Waals surface area (Å²) in [7, 11) is 0. The molecule has 98 valence electrons. The molecule has 0 aromatic rings. The topological polar surface area (TPSA) is 49.8 Å². The van der Waals surface area contributed by atoms with Gasteiger partial charge >= 0.3 is 5.97 Å². The molecule has 2 heterocycles. The molecule has 2 aliphatic heterocycles. The minimum Gasteiger partial charge on any atom is -0.480 e. The van der Waals surface area contributed by atoms with E-state index in [9.17, 15) is 9.90 Å². The van der Waals surface area contributed by atoms with Gasteiger partial charge in [-0.2, -0.15) is 0 Å². The van der Waals surface area contributed by atoms with Crippen LogP contribution in [0.25, 0.3) is 0 Å². The van der Waals surface area contributed by atoms with Gasteiger partial charge in [-0.15, -0.1) is 0 Å². The minimum absolute atomic E-state index is 0.585. The van der Waals surface area contributed by atoms with Gasteiger partial charge in [-0.1, -0.05) is 6.92 Å². The molecule has 0 radical (unpaired) electrons. The Kier molecular flexibility index (Phi) is 4.05. The van der Waals surface area contributed by atoms with E-state index in [0.29, 0.717) is 12.3 Å². The fourth-order valence-electron chi connectivity index (χ4n) is 3.23. The van der Waals surface area contributed by atoms with Gasteiger partial charge in [-0.25, -0.2) is 0 Å². The molecule has 0 amide bonds. The lowest BCUT2D eigenvalue weighted by Crippen LogP contribution is -2.51. The van der Waals surface area contributed by atoms with E-state index in [1.165, 1.54) is 0 Å². The van der Waals surface area contributed by atoms with Gasteiger partial charge in [0.05, 0.1) is 0 Å². The van der Waals surface area contributed by atoms with Gasteiger partial charge < -0.3 is 9.84 Å². The lowest BCUT2D eigenvalue weighted by Gasteiger charge is -2.37. The summed E-state index contributed by atoms with van der Waals surface area (Å²) in [4.78, 5) is 13.8. The van der Waals surface area contributed by atoms with Gasteiger partial charge in [0.25, 0.3) is 0 Å². The van der Waals surface area contributed by atoms with Gasteiger partial charge in [-0.3, -0.25) is 9.69 Å². The van der Waals surface area contributed by atoms with Crippen molar-refractivity contribution in [2.45, 2.75) is 44.6 Å². The number of hydrogen-bond donors (Lipinski definition) is 1. The molecular weight excluding hydrogens is 218 g/mol. The predicted octanol–water partition coefficient (Wildman–Crippen LogP) is 1.74. The van der Waals surface area contributed by atoms with Gasteiger partial charge in [0.15, 0.2) is 0 Å². The number of ether oxygens (including phenoxy) is 1. The lowest BCUT2D eigenvalue weighted by molar-refractivity contribution is -0.150. The van der Waals surface area contributed by atoms with Crippen LogP contribution in [0.1, 0.15) is 39.0 Å². The van der Waals surface area contributed by atoms with Crippen molar-refractivity contribution in [3.63, 3.8) is 0 Å². The van der Waals surface area contributed by atoms with E-state index in [1.807, 2.05) is 6.92 Å². The molecule has 2 saturated heterocycles. The smallest absolute Gasteiger partial charge is 0.324 e. The number of hydrogen-bond acceptors (Lipinski definition) is 3. The molecule has 2 fully saturated rings. The predicted molar refractivity (Wildman–Crippen MR) is 65.0 cm³/mol. The molecular formula is C13H23NO3. The van der Waals surface area contributed by atoms with Crippen LogP contribution in [0.2, 0.25) is 0 Å². The van der Waals surface area contributed by atoms with Crippen LogP contribution in [0.4, 0.5) is 0 Å². The summed E-state index contributed by atoms with van der Waals surface area (Å²) in [6.45, 7) is 5.55. The van der Waals surface area contributed by atoms with Gasteiger partial charge in [0, 0.05) is 19.8 Å². The van der Waals surface area contributed by atoms with Crippen LogP contribution in [-0.4, -0.2) is 47.8 Å². The highest BCUT2D eigenvalue weighted by Crippen LogP contribution is 2.34. The summed E-state index contributed by atoms with van der Waals surface area (Å²) in [6.07, 6.45) is 4.70. The number of carboxylic acids is 1. The Morgan fingerprint density at radius 2 is 2.18 bits per heavy atom. The van der Waals surface area contributed by atoms with E-state index >= 15 is 0 Å². The SMILES string of the molecule is CCC1(C(=O)O)CCCN1CC1CCOCC1. The molecule has 0 bridgehead atoms. The van der Waals surface area contributed by atoms with Gasteiger partial charge in [0.1, 0.15) is 5.54 Å². The first-order valence-electron chi connectivity index (χ1n) is 6.75. The van der Waals surface area contributed by atoms with Gasteiger partial charge in [0.2, 0.25) is 0 Å². The quantitative estimate of drug-likeness (QED) is 0.814. The fraction of sp³-hybridized carbons (Fsp3) is 0.923. The molecule has 1 unspecified atom stereocenters. The Labute approximate surface area is 103 Å². The van der Waals surface area contributed by atoms with Crippen molar-refractivity contribution in [2.75, 3.05) is 26.3 Å². The second kappa shape index (κ2) is 5.36. The van der Waals surface area contributed by atoms with Crippen molar-refractivity contribution in [1.82, 2.24) is 4.90 Å². The standard InChI is InChI=1S/C13H23NO3/c1-2-13(12(15)16)6-3-7-14(13)10-11-4-8-17-9-5-11/h11H,2-10H2,1H3,(H,15,16). The Morgan fingerprint density at radius 1 is 1.47 bits per heavy atom. The van der Waals surface area contributed by atoms with E-state index in [0.717, 1.165) is 52.0 Å². The van der Waals surface area contributed by atoms with E-state index < -0.39 is 11.5 Å². The van der Waals surface area contributed by atoms with E-state index in [2.05, 4.69) is 4.90 Å². The maximum atomic E-state index is 11.5. The average molecular weight is 241 g/mol. The third-order valence-electron chi connectivity index (χ3n) is 4.43. The molecule has 1 atom stereocenters. The number of nitrogens with zero attached hydrogens (tertiary/aromatic N) is 1. The largest absolute Gasteiger partial charge is 0.480 e. The summed E-state index contributed by atoms with van der Waals surface area (Å²) in [5, 5.41) is 9.50. The zero-order valence-corrected chi connectivity index (χ0v) is 10.7. The number of aliphatic carboxylic acids is 1. The van der Waals surface area contributed by atoms with E-state index in [4.69, 9.17) is 4.74 Å². The van der Waals surface area contributed by atoms with Crippen molar-refractivity contribution < 1.29 is 14.6 Å². The van der Waals surface area contributed by atoms with Crippen LogP contribution in [0, 0.1) is 5.92 Å². The van der Waals surface area contributed by atoms with Crippen LogP contribution in [-0.2, 0) is 9.53 Å². The Bertz CT molecular complexity index is 276. The van der Waals surface area contributed by atoms with E-state index in [-0.39, 0.29) is 0 Å². The van der Waals surface area contributed by atoms with Crippen molar-refractivity contribution >= 4 is 5.97 Å². The molecule has 0 spiro atoms.